The molecule has 3 aromatic carbocycles. The van der Waals surface area contributed by atoms with Crippen molar-refractivity contribution in [2.75, 3.05) is 32.8 Å². The SMILES string of the molecule is Oc1ccc2c(c1)C(c1ccc(OCCCCCCN3CCCC3)cc1)[C@@H](c1ccccc1)CO2. The number of phenols is 1. The number of aromatic hydroxyl groups is 1. The quantitative estimate of drug-likeness (QED) is 0.333. The molecule has 1 saturated heterocycles. The van der Waals surface area contributed by atoms with Crippen LogP contribution >= 0.6 is 0 Å². The number of benzene rings is 3. The third kappa shape index (κ3) is 5.99. The molecule has 0 radical (unpaired) electrons. The number of hydrogen-bond acceptors (Lipinski definition) is 4. The zero-order chi connectivity index (χ0) is 23.9. The molecule has 0 spiro atoms. The summed E-state index contributed by atoms with van der Waals surface area (Å²) in [6, 6.07) is 24.5. The molecule has 0 aliphatic carbocycles. The van der Waals surface area contributed by atoms with E-state index in [0.717, 1.165) is 30.1 Å². The van der Waals surface area contributed by atoms with Gasteiger partial charge in [0.1, 0.15) is 17.2 Å². The third-order valence-electron chi connectivity index (χ3n) is 7.45. The van der Waals surface area contributed by atoms with Gasteiger partial charge in [0.05, 0.1) is 13.2 Å². The molecule has 2 aliphatic rings. The Bertz CT molecular complexity index is 1060. The molecule has 0 amide bonds. The highest BCUT2D eigenvalue weighted by atomic mass is 16.5. The second kappa shape index (κ2) is 11.6. The lowest BCUT2D eigenvalue weighted by Gasteiger charge is -2.34. The first kappa shape index (κ1) is 23.7. The maximum atomic E-state index is 10.2. The predicted molar refractivity (Wildman–Crippen MR) is 141 cm³/mol. The second-order valence-electron chi connectivity index (χ2n) is 9.91. The molecule has 5 rings (SSSR count). The average molecular weight is 472 g/mol. The van der Waals surface area contributed by atoms with Gasteiger partial charge in [-0.25, -0.2) is 0 Å². The van der Waals surface area contributed by atoms with Crippen molar-refractivity contribution in [3.63, 3.8) is 0 Å². The summed E-state index contributed by atoms with van der Waals surface area (Å²) in [5.41, 5.74) is 3.49. The topological polar surface area (TPSA) is 41.9 Å². The molecule has 0 aromatic heterocycles. The van der Waals surface area contributed by atoms with E-state index in [4.69, 9.17) is 9.47 Å². The molecule has 4 nitrogen and oxygen atoms in total. The van der Waals surface area contributed by atoms with Crippen LogP contribution < -0.4 is 9.47 Å². The van der Waals surface area contributed by atoms with E-state index in [9.17, 15) is 5.11 Å². The van der Waals surface area contributed by atoms with E-state index in [1.54, 1.807) is 6.07 Å². The molecule has 3 aromatic rings. The summed E-state index contributed by atoms with van der Waals surface area (Å²) >= 11 is 0. The monoisotopic (exact) mass is 471 g/mol. The second-order valence-corrected chi connectivity index (χ2v) is 9.91. The van der Waals surface area contributed by atoms with Gasteiger partial charge in [-0.2, -0.15) is 0 Å². The van der Waals surface area contributed by atoms with E-state index >= 15 is 0 Å². The fraction of sp³-hybridized carbons (Fsp3) is 0.419. The highest BCUT2D eigenvalue weighted by molar-refractivity contribution is 5.51. The van der Waals surface area contributed by atoms with E-state index in [-0.39, 0.29) is 17.6 Å². The van der Waals surface area contributed by atoms with Gasteiger partial charge < -0.3 is 19.5 Å². The van der Waals surface area contributed by atoms with Crippen molar-refractivity contribution < 1.29 is 14.6 Å². The van der Waals surface area contributed by atoms with Gasteiger partial charge in [-0.1, -0.05) is 55.3 Å². The van der Waals surface area contributed by atoms with Crippen LogP contribution in [0.1, 0.15) is 67.1 Å². The number of unbranched alkanes of at least 4 members (excludes halogenated alkanes) is 3. The zero-order valence-electron chi connectivity index (χ0n) is 20.6. The molecule has 0 saturated carbocycles. The fourth-order valence-electron chi connectivity index (χ4n) is 5.56. The Balaban J connectivity index is 1.20. The lowest BCUT2D eigenvalue weighted by atomic mass is 9.76. The van der Waals surface area contributed by atoms with Gasteiger partial charge in [0.2, 0.25) is 0 Å². The number of nitrogens with zero attached hydrogens (tertiary/aromatic N) is 1. The summed E-state index contributed by atoms with van der Waals surface area (Å²) in [5.74, 6) is 2.33. The van der Waals surface area contributed by atoms with Gasteiger partial charge in [0.25, 0.3) is 0 Å². The fourth-order valence-corrected chi connectivity index (χ4v) is 5.56. The summed E-state index contributed by atoms with van der Waals surface area (Å²) in [4.78, 5) is 2.60. The molecule has 184 valence electrons. The molecule has 0 bridgehead atoms. The highest BCUT2D eigenvalue weighted by Crippen LogP contribution is 2.47. The normalized spacial score (nSPS) is 19.8. The largest absolute Gasteiger partial charge is 0.508 e. The van der Waals surface area contributed by atoms with Crippen LogP contribution in [0.3, 0.4) is 0 Å². The molecule has 2 heterocycles. The standard InChI is InChI=1S/C31H37NO3/c33-26-14-17-30-28(22-26)31(29(23-35-30)24-10-4-3-5-11-24)25-12-15-27(16-13-25)34-21-9-2-1-6-18-32-19-7-8-20-32/h3-5,10-17,22,29,31,33H,1-2,6-9,18-21,23H2/t29-,31?/m1/s1. The van der Waals surface area contributed by atoms with Crippen molar-refractivity contribution >= 4 is 0 Å². The molecule has 35 heavy (non-hydrogen) atoms. The van der Waals surface area contributed by atoms with Crippen LogP contribution in [-0.2, 0) is 0 Å². The van der Waals surface area contributed by atoms with Crippen molar-refractivity contribution in [1.82, 2.24) is 4.90 Å². The van der Waals surface area contributed by atoms with Gasteiger partial charge in [-0.3, -0.25) is 0 Å². The number of ether oxygens (including phenoxy) is 2. The molecule has 2 aliphatic heterocycles. The Hall–Kier alpha value is -2.98. The molecule has 4 heteroatoms. The van der Waals surface area contributed by atoms with Crippen LogP contribution in [0.25, 0.3) is 0 Å². The van der Waals surface area contributed by atoms with Crippen molar-refractivity contribution in [2.24, 2.45) is 0 Å². The number of rotatable bonds is 10. The number of likely N-dealkylation sites (tertiary alicyclic amines) is 1. The number of hydrogen-bond donors (Lipinski definition) is 1. The van der Waals surface area contributed by atoms with E-state index < -0.39 is 0 Å². The first-order valence-corrected chi connectivity index (χ1v) is 13.2. The van der Waals surface area contributed by atoms with Crippen molar-refractivity contribution in [3.05, 3.63) is 89.5 Å². The Morgan fingerprint density at radius 1 is 0.829 bits per heavy atom. The maximum absolute atomic E-state index is 10.2. The van der Waals surface area contributed by atoms with E-state index in [2.05, 4.69) is 53.4 Å². The molecular formula is C31H37NO3. The van der Waals surface area contributed by atoms with E-state index in [1.165, 1.54) is 62.9 Å². The van der Waals surface area contributed by atoms with Crippen LogP contribution in [-0.4, -0.2) is 42.9 Å². The summed E-state index contributed by atoms with van der Waals surface area (Å²) in [6.45, 7) is 5.24. The highest BCUT2D eigenvalue weighted by Gasteiger charge is 2.33. The minimum absolute atomic E-state index is 0.109. The van der Waals surface area contributed by atoms with Crippen molar-refractivity contribution in [3.8, 4) is 17.2 Å². The predicted octanol–water partition coefficient (Wildman–Crippen LogP) is 6.74. The minimum Gasteiger partial charge on any atom is -0.508 e. The zero-order valence-corrected chi connectivity index (χ0v) is 20.6. The maximum Gasteiger partial charge on any atom is 0.123 e. The van der Waals surface area contributed by atoms with Crippen LogP contribution in [0.4, 0.5) is 0 Å². The van der Waals surface area contributed by atoms with Crippen molar-refractivity contribution in [2.45, 2.75) is 50.4 Å². The molecule has 1 N–H and O–H groups in total. The Morgan fingerprint density at radius 3 is 2.40 bits per heavy atom. The van der Waals surface area contributed by atoms with Crippen LogP contribution in [0.2, 0.25) is 0 Å². The molecule has 2 atom stereocenters. The lowest BCUT2D eigenvalue weighted by Crippen LogP contribution is -2.25. The van der Waals surface area contributed by atoms with Gasteiger partial charge in [-0.15, -0.1) is 0 Å². The Morgan fingerprint density at radius 2 is 1.60 bits per heavy atom. The molecule has 1 fully saturated rings. The van der Waals surface area contributed by atoms with Gasteiger partial charge >= 0.3 is 0 Å². The average Bonchev–Trinajstić information content (AvgIpc) is 3.42. The van der Waals surface area contributed by atoms with Crippen LogP contribution in [0, 0.1) is 0 Å². The molecular weight excluding hydrogens is 434 g/mol. The van der Waals surface area contributed by atoms with E-state index in [0.29, 0.717) is 6.61 Å². The van der Waals surface area contributed by atoms with Gasteiger partial charge in [0.15, 0.2) is 0 Å². The van der Waals surface area contributed by atoms with Crippen LogP contribution in [0.5, 0.6) is 17.2 Å². The first-order chi connectivity index (χ1) is 17.3. The van der Waals surface area contributed by atoms with Gasteiger partial charge in [0, 0.05) is 17.4 Å². The summed E-state index contributed by atoms with van der Waals surface area (Å²) in [6.07, 6.45) is 7.68. The molecule has 1 unspecified atom stereocenters. The first-order valence-electron chi connectivity index (χ1n) is 13.2. The summed E-state index contributed by atoms with van der Waals surface area (Å²) in [5, 5.41) is 10.2. The lowest BCUT2D eigenvalue weighted by molar-refractivity contribution is 0.248. The number of fused-ring (bicyclic) bond motifs is 1. The van der Waals surface area contributed by atoms with Crippen LogP contribution in [0.15, 0.2) is 72.8 Å². The van der Waals surface area contributed by atoms with Crippen molar-refractivity contribution in [1.29, 1.82) is 0 Å². The Kier molecular flexibility index (Phi) is 7.89. The smallest absolute Gasteiger partial charge is 0.123 e. The van der Waals surface area contributed by atoms with E-state index in [1.807, 2.05) is 18.2 Å². The summed E-state index contributed by atoms with van der Waals surface area (Å²) in [7, 11) is 0. The Labute approximate surface area is 209 Å². The number of phenolic OH excluding ortho intramolecular Hbond substituents is 1. The van der Waals surface area contributed by atoms with Gasteiger partial charge in [-0.05, 0) is 86.8 Å². The summed E-state index contributed by atoms with van der Waals surface area (Å²) < 4.78 is 12.2. The third-order valence-corrected chi connectivity index (χ3v) is 7.45. The minimum atomic E-state index is 0.109.